The van der Waals surface area contributed by atoms with Gasteiger partial charge in [0.1, 0.15) is 0 Å². The van der Waals surface area contributed by atoms with Gasteiger partial charge in [-0.1, -0.05) is 40.5 Å². The molecule has 0 aliphatic heterocycles. The minimum atomic E-state index is -0.433. The lowest BCUT2D eigenvalue weighted by molar-refractivity contribution is -0.199. The molecule has 2 saturated carbocycles. The number of ether oxygens (including phenoxy) is 2. The summed E-state index contributed by atoms with van der Waals surface area (Å²) in [6, 6.07) is 0. The van der Waals surface area contributed by atoms with Crippen LogP contribution in [-0.4, -0.2) is 18.4 Å². The lowest BCUT2D eigenvalue weighted by Gasteiger charge is -2.39. The third-order valence-electron chi connectivity index (χ3n) is 5.63. The highest BCUT2D eigenvalue weighted by atomic mass is 16.7. The van der Waals surface area contributed by atoms with E-state index in [1.54, 1.807) is 0 Å². The van der Waals surface area contributed by atoms with E-state index < -0.39 is 11.7 Å². The molecule has 0 bridgehead atoms. The number of carbonyl (C=O) groups excluding carboxylic acids is 1. The molecular weight excluding hydrogens is 276 g/mol. The summed E-state index contributed by atoms with van der Waals surface area (Å²) in [5.41, 5.74) is -0.224. The monoisotopic (exact) mass is 310 g/mol. The van der Waals surface area contributed by atoms with Crippen LogP contribution in [0.1, 0.15) is 86.5 Å². The second-order valence-corrected chi connectivity index (χ2v) is 9.15. The molecular formula is C19H34O3. The minimum Gasteiger partial charge on any atom is -0.436 e. The first-order chi connectivity index (χ1) is 10.1. The van der Waals surface area contributed by atoms with Gasteiger partial charge < -0.3 is 9.47 Å². The molecule has 0 aromatic heterocycles. The molecule has 2 atom stereocenters. The fourth-order valence-corrected chi connectivity index (χ4v) is 3.94. The van der Waals surface area contributed by atoms with Crippen LogP contribution in [0, 0.1) is 16.2 Å². The summed E-state index contributed by atoms with van der Waals surface area (Å²) in [5, 5.41) is 0. The third kappa shape index (κ3) is 4.04. The zero-order valence-electron chi connectivity index (χ0n) is 15.3. The highest BCUT2D eigenvalue weighted by Crippen LogP contribution is 2.62. The predicted molar refractivity (Wildman–Crippen MR) is 88.4 cm³/mol. The van der Waals surface area contributed by atoms with E-state index in [1.807, 2.05) is 6.92 Å². The molecule has 0 aromatic carbocycles. The van der Waals surface area contributed by atoms with Gasteiger partial charge in [-0.2, -0.15) is 0 Å². The van der Waals surface area contributed by atoms with Gasteiger partial charge in [-0.05, 0) is 56.8 Å². The molecule has 3 nitrogen and oxygen atoms in total. The molecule has 2 fully saturated rings. The van der Waals surface area contributed by atoms with Crippen molar-refractivity contribution in [2.24, 2.45) is 16.2 Å². The first-order valence-corrected chi connectivity index (χ1v) is 8.92. The van der Waals surface area contributed by atoms with Crippen LogP contribution in [0.5, 0.6) is 0 Å². The fraction of sp³-hybridized carbons (Fsp3) is 0.947. The van der Waals surface area contributed by atoms with Crippen LogP contribution in [0.4, 0.5) is 0 Å². The SMILES string of the molecule is CC(OC(=O)C(C)(CC(C)(C)C)C1(C)CC1)OC1CCCC1. The highest BCUT2D eigenvalue weighted by molar-refractivity contribution is 5.78. The van der Waals surface area contributed by atoms with E-state index in [2.05, 4.69) is 34.6 Å². The maximum Gasteiger partial charge on any atom is 0.314 e. The van der Waals surface area contributed by atoms with Gasteiger partial charge in [0.25, 0.3) is 0 Å². The van der Waals surface area contributed by atoms with Gasteiger partial charge in [0.05, 0.1) is 11.5 Å². The van der Waals surface area contributed by atoms with Gasteiger partial charge in [0, 0.05) is 0 Å². The summed E-state index contributed by atoms with van der Waals surface area (Å²) in [5.74, 6) is -0.0760. The first kappa shape index (κ1) is 17.8. The first-order valence-electron chi connectivity index (χ1n) is 8.92. The van der Waals surface area contributed by atoms with E-state index in [-0.39, 0.29) is 22.9 Å². The lowest BCUT2D eigenvalue weighted by atomic mass is 9.66. The van der Waals surface area contributed by atoms with E-state index in [9.17, 15) is 4.79 Å². The number of esters is 1. The van der Waals surface area contributed by atoms with Crippen molar-refractivity contribution in [1.29, 1.82) is 0 Å². The molecule has 0 N–H and O–H groups in total. The Kier molecular flexibility index (Phi) is 4.97. The van der Waals surface area contributed by atoms with Crippen LogP contribution in [0.25, 0.3) is 0 Å². The summed E-state index contributed by atoms with van der Waals surface area (Å²) >= 11 is 0. The second-order valence-electron chi connectivity index (χ2n) is 9.15. The Bertz CT molecular complexity index is 399. The maximum atomic E-state index is 12.9. The van der Waals surface area contributed by atoms with E-state index in [4.69, 9.17) is 9.47 Å². The van der Waals surface area contributed by atoms with Crippen molar-refractivity contribution in [3.8, 4) is 0 Å². The Morgan fingerprint density at radius 1 is 1.18 bits per heavy atom. The quantitative estimate of drug-likeness (QED) is 0.507. The molecule has 0 saturated heterocycles. The lowest BCUT2D eigenvalue weighted by Crippen LogP contribution is -2.42. The number of carbonyl (C=O) groups is 1. The van der Waals surface area contributed by atoms with Crippen LogP contribution >= 0.6 is 0 Å². The number of hydrogen-bond donors (Lipinski definition) is 0. The average molecular weight is 310 g/mol. The van der Waals surface area contributed by atoms with Crippen LogP contribution < -0.4 is 0 Å². The second kappa shape index (κ2) is 6.14. The van der Waals surface area contributed by atoms with Gasteiger partial charge in [-0.15, -0.1) is 0 Å². The molecule has 0 aromatic rings. The van der Waals surface area contributed by atoms with Crippen molar-refractivity contribution < 1.29 is 14.3 Å². The molecule has 0 heterocycles. The van der Waals surface area contributed by atoms with Crippen molar-refractivity contribution >= 4 is 5.97 Å². The standard InChI is InChI=1S/C19H34O3/c1-14(21-15-9-7-8-10-15)22-16(20)19(6,13-17(2,3)4)18(5)11-12-18/h14-15H,7-13H2,1-6H3. The molecule has 2 unspecified atom stereocenters. The molecule has 2 rings (SSSR count). The molecule has 128 valence electrons. The van der Waals surface area contributed by atoms with E-state index in [1.165, 1.54) is 12.8 Å². The van der Waals surface area contributed by atoms with Crippen molar-refractivity contribution in [2.75, 3.05) is 0 Å². The topological polar surface area (TPSA) is 35.5 Å². The molecule has 2 aliphatic carbocycles. The molecule has 0 spiro atoms. The smallest absolute Gasteiger partial charge is 0.314 e. The average Bonchev–Trinajstić information content (AvgIpc) is 2.93. The number of rotatable bonds is 6. The molecule has 22 heavy (non-hydrogen) atoms. The highest BCUT2D eigenvalue weighted by Gasteiger charge is 2.59. The van der Waals surface area contributed by atoms with Gasteiger partial charge in [0.2, 0.25) is 0 Å². The summed E-state index contributed by atoms with van der Waals surface area (Å²) in [4.78, 5) is 12.9. The normalized spacial score (nSPS) is 25.5. The van der Waals surface area contributed by atoms with Crippen molar-refractivity contribution in [1.82, 2.24) is 0 Å². The van der Waals surface area contributed by atoms with E-state index >= 15 is 0 Å². The largest absolute Gasteiger partial charge is 0.436 e. The Morgan fingerprint density at radius 3 is 2.18 bits per heavy atom. The van der Waals surface area contributed by atoms with Gasteiger partial charge in [-0.25, -0.2) is 0 Å². The molecule has 0 radical (unpaired) electrons. The third-order valence-corrected chi connectivity index (χ3v) is 5.63. The molecule has 0 amide bonds. The van der Waals surface area contributed by atoms with Crippen molar-refractivity contribution in [2.45, 2.75) is 98.9 Å². The summed E-state index contributed by atoms with van der Waals surface area (Å²) < 4.78 is 11.6. The fourth-order valence-electron chi connectivity index (χ4n) is 3.94. The van der Waals surface area contributed by atoms with Gasteiger partial charge in [-0.3, -0.25) is 4.79 Å². The number of hydrogen-bond acceptors (Lipinski definition) is 3. The Morgan fingerprint density at radius 2 is 1.73 bits per heavy atom. The van der Waals surface area contributed by atoms with E-state index in [0.717, 1.165) is 32.1 Å². The summed E-state index contributed by atoms with van der Waals surface area (Å²) in [7, 11) is 0. The van der Waals surface area contributed by atoms with Crippen LogP contribution in [-0.2, 0) is 14.3 Å². The minimum absolute atomic E-state index is 0.0760. The van der Waals surface area contributed by atoms with Crippen LogP contribution in [0.2, 0.25) is 0 Å². The Hall–Kier alpha value is -0.570. The predicted octanol–water partition coefficient (Wildman–Crippen LogP) is 5.08. The zero-order chi connectivity index (χ0) is 16.6. The Balaban J connectivity index is 1.99. The Labute approximate surface area is 136 Å². The van der Waals surface area contributed by atoms with Gasteiger partial charge in [0.15, 0.2) is 6.29 Å². The van der Waals surface area contributed by atoms with Gasteiger partial charge >= 0.3 is 5.97 Å². The maximum absolute atomic E-state index is 12.9. The molecule has 3 heteroatoms. The van der Waals surface area contributed by atoms with Crippen LogP contribution in [0.15, 0.2) is 0 Å². The zero-order valence-corrected chi connectivity index (χ0v) is 15.3. The van der Waals surface area contributed by atoms with E-state index in [0.29, 0.717) is 0 Å². The van der Waals surface area contributed by atoms with Crippen molar-refractivity contribution in [3.05, 3.63) is 0 Å². The molecule has 2 aliphatic rings. The summed E-state index contributed by atoms with van der Waals surface area (Å²) in [6.45, 7) is 12.8. The summed E-state index contributed by atoms with van der Waals surface area (Å²) in [6.07, 6.45) is 7.57. The van der Waals surface area contributed by atoms with Crippen molar-refractivity contribution in [3.63, 3.8) is 0 Å². The van der Waals surface area contributed by atoms with Crippen LogP contribution in [0.3, 0.4) is 0 Å².